The lowest BCUT2D eigenvalue weighted by Gasteiger charge is -2.15. The summed E-state index contributed by atoms with van der Waals surface area (Å²) >= 11 is 0. The van der Waals surface area contributed by atoms with Gasteiger partial charge >= 0.3 is 0 Å². The highest BCUT2D eigenvalue weighted by atomic mass is 14.6. The first kappa shape index (κ1) is 12.9. The van der Waals surface area contributed by atoms with Crippen molar-refractivity contribution in [2.45, 2.75) is 0 Å². The van der Waals surface area contributed by atoms with Crippen LogP contribution in [0.15, 0.2) is 78.7 Å². The smallest absolute Gasteiger partial charge is 0.0206 e. The van der Waals surface area contributed by atoms with Crippen molar-refractivity contribution in [3.63, 3.8) is 0 Å². The predicted molar refractivity (Wildman–Crippen MR) is 94.3 cm³/mol. The molecule has 1 nitrogen and oxygen atoms in total. The molecule has 105 valence electrons. The molecule has 3 aromatic rings. The summed E-state index contributed by atoms with van der Waals surface area (Å²) in [4.78, 5) is 3.05. The highest BCUT2D eigenvalue weighted by molar-refractivity contribution is 5.97. The minimum Gasteiger partial charge on any atom is -0.367 e. The predicted octanol–water partition coefficient (Wildman–Crippen LogP) is 5.39. The number of H-pyrrole nitrogens is 1. The molecule has 22 heavy (non-hydrogen) atoms. The highest BCUT2D eigenvalue weighted by Crippen LogP contribution is 2.32. The zero-order valence-corrected chi connectivity index (χ0v) is 12.2. The second-order valence-electron chi connectivity index (χ2n) is 5.44. The molecule has 1 aliphatic rings. The van der Waals surface area contributed by atoms with Crippen LogP contribution in [0.5, 0.6) is 0 Å². The standard InChI is InChI=1S/C21H16N/c1(5-16-11-12-22-15-16)2-6-17-13-19-9-3-7-18-8-4-10-20(14-17)21(18)19/h1-15,22H/b5-1+,6-2+. The van der Waals surface area contributed by atoms with Gasteiger partial charge in [-0.1, -0.05) is 66.8 Å². The Kier molecular flexibility index (Phi) is 3.24. The van der Waals surface area contributed by atoms with Gasteiger partial charge in [-0.05, 0) is 39.1 Å². The Bertz CT molecular complexity index is 888. The van der Waals surface area contributed by atoms with Crippen LogP contribution < -0.4 is 0 Å². The molecule has 1 aromatic heterocycles. The maximum atomic E-state index is 3.05. The average molecular weight is 282 g/mol. The summed E-state index contributed by atoms with van der Waals surface area (Å²) in [7, 11) is 0. The van der Waals surface area contributed by atoms with Gasteiger partial charge in [0.15, 0.2) is 0 Å². The fraction of sp³-hybridized carbons (Fsp3) is 0. The van der Waals surface area contributed by atoms with Crippen LogP contribution in [0.2, 0.25) is 0 Å². The molecule has 0 aliphatic heterocycles. The Morgan fingerprint density at radius 1 is 0.818 bits per heavy atom. The summed E-state index contributed by atoms with van der Waals surface area (Å²) in [6, 6.07) is 15.0. The molecule has 1 heteroatoms. The maximum absolute atomic E-state index is 3.05. The van der Waals surface area contributed by atoms with Gasteiger partial charge in [-0.3, -0.25) is 0 Å². The number of nitrogens with one attached hydrogen (secondary N) is 1. The fourth-order valence-electron chi connectivity index (χ4n) is 2.91. The zero-order chi connectivity index (χ0) is 14.8. The molecular weight excluding hydrogens is 266 g/mol. The van der Waals surface area contributed by atoms with Crippen LogP contribution in [0.3, 0.4) is 0 Å². The van der Waals surface area contributed by atoms with E-state index in [-0.39, 0.29) is 0 Å². The first-order valence-corrected chi connectivity index (χ1v) is 7.46. The molecule has 0 unspecified atom stereocenters. The van der Waals surface area contributed by atoms with Gasteiger partial charge < -0.3 is 4.98 Å². The number of allylic oxidation sites excluding steroid dienone is 4. The van der Waals surface area contributed by atoms with Crippen molar-refractivity contribution >= 4 is 22.9 Å². The second-order valence-corrected chi connectivity index (χ2v) is 5.44. The second kappa shape index (κ2) is 5.53. The Morgan fingerprint density at radius 2 is 1.64 bits per heavy atom. The SMILES string of the molecule is [CH]1C(/C=C/C=C/c2cc[nH]c2)=Cc2cccc3cccc1c23. The van der Waals surface area contributed by atoms with Crippen LogP contribution in [0, 0.1) is 6.42 Å². The van der Waals surface area contributed by atoms with E-state index in [9.17, 15) is 0 Å². The molecule has 1 N–H and O–H groups in total. The summed E-state index contributed by atoms with van der Waals surface area (Å²) < 4.78 is 0. The molecule has 0 fully saturated rings. The van der Waals surface area contributed by atoms with E-state index in [4.69, 9.17) is 0 Å². The molecule has 0 spiro atoms. The monoisotopic (exact) mass is 282 g/mol. The van der Waals surface area contributed by atoms with Crippen molar-refractivity contribution in [2.75, 3.05) is 0 Å². The third kappa shape index (κ3) is 2.42. The molecule has 4 rings (SSSR count). The van der Waals surface area contributed by atoms with E-state index in [2.05, 4.69) is 78.2 Å². The highest BCUT2D eigenvalue weighted by Gasteiger charge is 2.11. The molecule has 1 heterocycles. The van der Waals surface area contributed by atoms with E-state index in [1.807, 2.05) is 18.5 Å². The third-order valence-electron chi connectivity index (χ3n) is 3.92. The Labute approximate surface area is 130 Å². The number of hydrogen-bond acceptors (Lipinski definition) is 0. The van der Waals surface area contributed by atoms with Crippen molar-refractivity contribution in [2.24, 2.45) is 0 Å². The van der Waals surface area contributed by atoms with Crippen molar-refractivity contribution in [3.8, 4) is 0 Å². The Hall–Kier alpha value is -2.80. The molecular formula is C21H16N. The summed E-state index contributed by atoms with van der Waals surface area (Å²) in [6.45, 7) is 0. The van der Waals surface area contributed by atoms with Crippen LogP contribution in [0.25, 0.3) is 22.9 Å². The molecule has 1 aliphatic carbocycles. The van der Waals surface area contributed by atoms with Crippen LogP contribution in [0.4, 0.5) is 0 Å². The van der Waals surface area contributed by atoms with Gasteiger partial charge in [-0.25, -0.2) is 0 Å². The minimum absolute atomic E-state index is 1.18. The summed E-state index contributed by atoms with van der Waals surface area (Å²) in [5, 5.41) is 2.66. The van der Waals surface area contributed by atoms with Crippen molar-refractivity contribution in [1.29, 1.82) is 0 Å². The lowest BCUT2D eigenvalue weighted by molar-refractivity contribution is 1.41. The van der Waals surface area contributed by atoms with Crippen LogP contribution in [0.1, 0.15) is 16.7 Å². The van der Waals surface area contributed by atoms with Crippen molar-refractivity contribution < 1.29 is 0 Å². The Morgan fingerprint density at radius 3 is 2.45 bits per heavy atom. The van der Waals surface area contributed by atoms with Gasteiger partial charge in [-0.2, -0.15) is 0 Å². The van der Waals surface area contributed by atoms with Crippen molar-refractivity contribution in [1.82, 2.24) is 4.98 Å². The first-order chi connectivity index (χ1) is 10.9. The maximum Gasteiger partial charge on any atom is 0.0206 e. The molecule has 0 bridgehead atoms. The van der Waals surface area contributed by atoms with E-state index in [1.54, 1.807) is 0 Å². The fourth-order valence-corrected chi connectivity index (χ4v) is 2.91. The van der Waals surface area contributed by atoms with Gasteiger partial charge in [0.25, 0.3) is 0 Å². The van der Waals surface area contributed by atoms with Gasteiger partial charge in [0.1, 0.15) is 0 Å². The quantitative estimate of drug-likeness (QED) is 0.620. The summed E-state index contributed by atoms with van der Waals surface area (Å²) in [5.41, 5.74) is 5.00. The molecule has 0 atom stereocenters. The van der Waals surface area contributed by atoms with Crippen molar-refractivity contribution in [3.05, 3.63) is 102 Å². The minimum atomic E-state index is 1.18. The van der Waals surface area contributed by atoms with Gasteiger partial charge in [0.05, 0.1) is 0 Å². The average Bonchev–Trinajstić information content (AvgIpc) is 3.05. The number of hydrogen-bond donors (Lipinski definition) is 1. The molecule has 1 radical (unpaired) electrons. The Balaban J connectivity index is 1.62. The van der Waals surface area contributed by atoms with E-state index in [0.717, 1.165) is 0 Å². The van der Waals surface area contributed by atoms with E-state index in [1.165, 1.54) is 33.0 Å². The number of rotatable bonds is 3. The van der Waals surface area contributed by atoms with E-state index in [0.29, 0.717) is 0 Å². The molecule has 0 amide bonds. The summed E-state index contributed by atoms with van der Waals surface area (Å²) in [6.07, 6.45) is 16.8. The van der Waals surface area contributed by atoms with Gasteiger partial charge in [0.2, 0.25) is 0 Å². The van der Waals surface area contributed by atoms with E-state index >= 15 is 0 Å². The number of aromatic nitrogens is 1. The largest absolute Gasteiger partial charge is 0.367 e. The van der Waals surface area contributed by atoms with Gasteiger partial charge in [-0.15, -0.1) is 0 Å². The first-order valence-electron chi connectivity index (χ1n) is 7.46. The van der Waals surface area contributed by atoms with Crippen LogP contribution >= 0.6 is 0 Å². The number of benzene rings is 2. The van der Waals surface area contributed by atoms with Crippen LogP contribution in [-0.2, 0) is 0 Å². The zero-order valence-electron chi connectivity index (χ0n) is 12.2. The van der Waals surface area contributed by atoms with E-state index < -0.39 is 0 Å². The molecule has 0 saturated heterocycles. The van der Waals surface area contributed by atoms with Gasteiger partial charge in [0, 0.05) is 18.8 Å². The summed E-state index contributed by atoms with van der Waals surface area (Å²) in [5.74, 6) is 0. The lowest BCUT2D eigenvalue weighted by Crippen LogP contribution is -1.95. The topological polar surface area (TPSA) is 15.8 Å². The third-order valence-corrected chi connectivity index (χ3v) is 3.92. The molecule has 0 saturated carbocycles. The lowest BCUT2D eigenvalue weighted by atomic mass is 9.89. The molecule has 2 aromatic carbocycles. The normalized spacial score (nSPS) is 14.1. The number of aromatic amines is 1. The van der Waals surface area contributed by atoms with Crippen LogP contribution in [-0.4, -0.2) is 4.98 Å².